The molecular weight excluding hydrogens is 314 g/mol. The molecule has 2 aromatic heterocycles. The number of oxazole rings is 1. The first-order valence-corrected chi connectivity index (χ1v) is 7.89. The van der Waals surface area contributed by atoms with E-state index in [1.165, 1.54) is 0 Å². The lowest BCUT2D eigenvalue weighted by Crippen LogP contribution is -2.11. The Morgan fingerprint density at radius 1 is 1.04 bits per heavy atom. The van der Waals surface area contributed by atoms with E-state index in [0.717, 1.165) is 11.3 Å². The molecule has 0 aliphatic rings. The maximum atomic E-state index is 12.4. The molecule has 0 aliphatic carbocycles. The first-order valence-electron chi connectivity index (χ1n) is 7.89. The summed E-state index contributed by atoms with van der Waals surface area (Å²) < 4.78 is 5.71. The summed E-state index contributed by atoms with van der Waals surface area (Å²) in [4.78, 5) is 21.1. The van der Waals surface area contributed by atoms with Gasteiger partial charge < -0.3 is 9.73 Å². The number of pyridine rings is 1. The Morgan fingerprint density at radius 3 is 2.64 bits per heavy atom. The normalized spacial score (nSPS) is 10.8. The van der Waals surface area contributed by atoms with Gasteiger partial charge in [0.25, 0.3) is 5.91 Å². The molecule has 122 valence electrons. The van der Waals surface area contributed by atoms with Crippen LogP contribution in [0.15, 0.2) is 71.3 Å². The number of hydrogen-bond donors (Lipinski definition) is 1. The van der Waals surface area contributed by atoms with Crippen LogP contribution in [0.1, 0.15) is 15.9 Å². The highest BCUT2D eigenvalue weighted by Gasteiger charge is 2.12. The van der Waals surface area contributed by atoms with E-state index >= 15 is 0 Å². The van der Waals surface area contributed by atoms with Crippen LogP contribution in [0.25, 0.3) is 22.7 Å². The van der Waals surface area contributed by atoms with Crippen molar-refractivity contribution in [2.75, 3.05) is 5.32 Å². The van der Waals surface area contributed by atoms with Crippen molar-refractivity contribution in [3.8, 4) is 11.6 Å². The summed E-state index contributed by atoms with van der Waals surface area (Å²) in [5.74, 6) is 0.250. The number of aryl methyl sites for hydroxylation is 1. The summed E-state index contributed by atoms with van der Waals surface area (Å²) in [6.45, 7) is 2.00. The number of nitrogens with zero attached hydrogens (tertiary/aromatic N) is 2. The Labute approximate surface area is 144 Å². The molecule has 0 aliphatic heterocycles. The maximum absolute atomic E-state index is 12.4. The van der Waals surface area contributed by atoms with Gasteiger partial charge in [-0.1, -0.05) is 23.8 Å². The van der Waals surface area contributed by atoms with Gasteiger partial charge in [-0.3, -0.25) is 9.78 Å². The van der Waals surface area contributed by atoms with Crippen molar-refractivity contribution in [2.24, 2.45) is 0 Å². The van der Waals surface area contributed by atoms with Crippen LogP contribution in [0, 0.1) is 6.92 Å². The number of aromatic nitrogens is 2. The third-order valence-corrected chi connectivity index (χ3v) is 3.84. The number of carbonyl (C=O) groups excluding carboxylic acids is 1. The van der Waals surface area contributed by atoms with Gasteiger partial charge in [0.05, 0.1) is 0 Å². The second-order valence-corrected chi connectivity index (χ2v) is 5.74. The molecule has 0 radical (unpaired) electrons. The monoisotopic (exact) mass is 329 g/mol. The molecule has 0 saturated carbocycles. The van der Waals surface area contributed by atoms with Crippen molar-refractivity contribution in [3.05, 3.63) is 78.0 Å². The summed E-state index contributed by atoms with van der Waals surface area (Å²) in [6.07, 6.45) is 1.69. The fraction of sp³-hybridized carbons (Fsp3) is 0.0500. The second kappa shape index (κ2) is 6.20. The fourth-order valence-electron chi connectivity index (χ4n) is 2.51. The van der Waals surface area contributed by atoms with Gasteiger partial charge in [0.15, 0.2) is 5.58 Å². The van der Waals surface area contributed by atoms with E-state index in [2.05, 4.69) is 15.3 Å². The van der Waals surface area contributed by atoms with E-state index in [1.807, 2.05) is 49.4 Å². The first kappa shape index (κ1) is 15.1. The van der Waals surface area contributed by atoms with Crippen molar-refractivity contribution in [1.29, 1.82) is 0 Å². The number of amides is 1. The minimum atomic E-state index is -0.187. The van der Waals surface area contributed by atoms with Crippen LogP contribution in [-0.4, -0.2) is 15.9 Å². The van der Waals surface area contributed by atoms with E-state index in [-0.39, 0.29) is 5.91 Å². The van der Waals surface area contributed by atoms with Gasteiger partial charge >= 0.3 is 0 Å². The molecule has 5 nitrogen and oxygen atoms in total. The quantitative estimate of drug-likeness (QED) is 0.603. The number of rotatable bonds is 3. The van der Waals surface area contributed by atoms with Gasteiger partial charge in [-0.2, -0.15) is 0 Å². The first-order chi connectivity index (χ1) is 12.2. The lowest BCUT2D eigenvalue weighted by molar-refractivity contribution is 0.102. The van der Waals surface area contributed by atoms with Crippen LogP contribution in [0.3, 0.4) is 0 Å². The van der Waals surface area contributed by atoms with Gasteiger partial charge in [-0.25, -0.2) is 4.98 Å². The topological polar surface area (TPSA) is 68.0 Å². The zero-order valence-corrected chi connectivity index (χ0v) is 13.6. The molecule has 5 heteroatoms. The van der Waals surface area contributed by atoms with Crippen molar-refractivity contribution in [2.45, 2.75) is 6.92 Å². The van der Waals surface area contributed by atoms with E-state index < -0.39 is 0 Å². The van der Waals surface area contributed by atoms with Crippen molar-refractivity contribution < 1.29 is 9.21 Å². The Balaban J connectivity index is 1.62. The summed E-state index contributed by atoms with van der Waals surface area (Å²) >= 11 is 0. The van der Waals surface area contributed by atoms with Gasteiger partial charge in [-0.05, 0) is 49.4 Å². The molecule has 0 bridgehead atoms. The Kier molecular flexibility index (Phi) is 3.74. The van der Waals surface area contributed by atoms with Crippen LogP contribution in [0.5, 0.6) is 0 Å². The molecule has 2 heterocycles. The highest BCUT2D eigenvalue weighted by molar-refractivity contribution is 6.05. The molecule has 0 spiro atoms. The highest BCUT2D eigenvalue weighted by atomic mass is 16.3. The number of benzene rings is 2. The predicted molar refractivity (Wildman–Crippen MR) is 96.4 cm³/mol. The minimum absolute atomic E-state index is 0.187. The lowest BCUT2D eigenvalue weighted by Gasteiger charge is -2.05. The Hall–Kier alpha value is -3.47. The largest absolute Gasteiger partial charge is 0.435 e. The van der Waals surface area contributed by atoms with Gasteiger partial charge in [-0.15, -0.1) is 0 Å². The molecule has 0 saturated heterocycles. The second-order valence-electron chi connectivity index (χ2n) is 5.74. The molecule has 2 aromatic carbocycles. The van der Waals surface area contributed by atoms with Crippen LogP contribution >= 0.6 is 0 Å². The smallest absolute Gasteiger partial charge is 0.255 e. The summed E-state index contributed by atoms with van der Waals surface area (Å²) in [7, 11) is 0. The predicted octanol–water partition coefficient (Wildman–Crippen LogP) is 4.45. The zero-order chi connectivity index (χ0) is 17.2. The van der Waals surface area contributed by atoms with Crippen LogP contribution < -0.4 is 5.32 Å². The van der Waals surface area contributed by atoms with Crippen LogP contribution in [0.4, 0.5) is 5.69 Å². The van der Waals surface area contributed by atoms with Crippen LogP contribution in [0.2, 0.25) is 0 Å². The van der Waals surface area contributed by atoms with Crippen LogP contribution in [-0.2, 0) is 0 Å². The Morgan fingerprint density at radius 2 is 1.88 bits per heavy atom. The van der Waals surface area contributed by atoms with E-state index in [9.17, 15) is 4.79 Å². The van der Waals surface area contributed by atoms with Gasteiger partial charge in [0.1, 0.15) is 11.2 Å². The van der Waals surface area contributed by atoms with Gasteiger partial charge in [0.2, 0.25) is 5.89 Å². The summed E-state index contributed by atoms with van der Waals surface area (Å²) in [6, 6.07) is 18.4. The number of fused-ring (bicyclic) bond motifs is 1. The fourth-order valence-corrected chi connectivity index (χ4v) is 2.51. The zero-order valence-electron chi connectivity index (χ0n) is 13.6. The number of hydrogen-bond acceptors (Lipinski definition) is 4. The molecule has 1 N–H and O–H groups in total. The van der Waals surface area contributed by atoms with Crippen molar-refractivity contribution in [3.63, 3.8) is 0 Å². The molecule has 4 aromatic rings. The molecule has 1 amide bonds. The molecular formula is C20H15N3O2. The van der Waals surface area contributed by atoms with E-state index in [0.29, 0.717) is 28.2 Å². The minimum Gasteiger partial charge on any atom is -0.435 e. The van der Waals surface area contributed by atoms with Gasteiger partial charge in [0, 0.05) is 17.4 Å². The average Bonchev–Trinajstić information content (AvgIpc) is 3.07. The standard InChI is InChI=1S/C20H15N3O2/c1-13-5-8-15(9-6-13)22-19(24)14-7-10-18-17(12-14)23-20(25-18)16-4-2-3-11-21-16/h2-12H,1H3,(H,22,24). The lowest BCUT2D eigenvalue weighted by atomic mass is 10.2. The number of anilines is 1. The summed E-state index contributed by atoms with van der Waals surface area (Å²) in [5, 5.41) is 2.88. The average molecular weight is 329 g/mol. The third-order valence-electron chi connectivity index (χ3n) is 3.84. The molecule has 0 unspecified atom stereocenters. The maximum Gasteiger partial charge on any atom is 0.255 e. The molecule has 0 fully saturated rings. The Bertz CT molecular complexity index is 1040. The molecule has 4 rings (SSSR count). The van der Waals surface area contributed by atoms with E-state index in [4.69, 9.17) is 4.42 Å². The highest BCUT2D eigenvalue weighted by Crippen LogP contribution is 2.23. The van der Waals surface area contributed by atoms with E-state index in [1.54, 1.807) is 24.4 Å². The summed E-state index contributed by atoms with van der Waals surface area (Å²) in [5.41, 5.74) is 4.32. The molecule has 0 atom stereocenters. The SMILES string of the molecule is Cc1ccc(NC(=O)c2ccc3oc(-c4ccccn4)nc3c2)cc1. The number of carbonyl (C=O) groups is 1. The van der Waals surface area contributed by atoms with Crippen molar-refractivity contribution in [1.82, 2.24) is 9.97 Å². The third kappa shape index (κ3) is 3.12. The van der Waals surface area contributed by atoms with Crippen molar-refractivity contribution >= 4 is 22.7 Å². The number of nitrogens with one attached hydrogen (secondary N) is 1. The molecule has 25 heavy (non-hydrogen) atoms.